The number of Topliss-reactive ketones (excluding diaryl/α,β-unsaturated/α-hetero) is 1. The predicted molar refractivity (Wildman–Crippen MR) is 59.8 cm³/mol. The first-order chi connectivity index (χ1) is 7.10. The van der Waals surface area contributed by atoms with Crippen molar-refractivity contribution in [2.75, 3.05) is 0 Å². The lowest BCUT2D eigenvalue weighted by Gasteiger charge is -2.09. The maximum atomic E-state index is 11.1. The molecule has 0 saturated carbocycles. The van der Waals surface area contributed by atoms with Gasteiger partial charge in [-0.05, 0) is 30.5 Å². The Hall–Kier alpha value is -1.33. The lowest BCUT2D eigenvalue weighted by molar-refractivity contribution is -0.116. The third-order valence-electron chi connectivity index (χ3n) is 2.28. The molecule has 1 aromatic carbocycles. The minimum absolute atomic E-state index is 0.141. The summed E-state index contributed by atoms with van der Waals surface area (Å²) in [6.45, 7) is 3.44. The summed E-state index contributed by atoms with van der Waals surface area (Å²) < 4.78 is 0. The number of hydrogen-bond acceptors (Lipinski definition) is 2. The molecule has 0 fully saturated rings. The molecular formula is C12H12ClNO. The van der Waals surface area contributed by atoms with Crippen molar-refractivity contribution in [3.8, 4) is 6.07 Å². The number of rotatable bonds is 3. The molecule has 1 atom stereocenters. The molecule has 2 nitrogen and oxygen atoms in total. The van der Waals surface area contributed by atoms with Gasteiger partial charge in [-0.3, -0.25) is 4.79 Å². The van der Waals surface area contributed by atoms with Crippen molar-refractivity contribution in [1.29, 1.82) is 5.26 Å². The maximum absolute atomic E-state index is 11.1. The maximum Gasteiger partial charge on any atom is 0.152 e. The largest absolute Gasteiger partial charge is 0.298 e. The van der Waals surface area contributed by atoms with E-state index in [0.29, 0.717) is 11.1 Å². The summed E-state index contributed by atoms with van der Waals surface area (Å²) in [6, 6.07) is 7.51. The van der Waals surface area contributed by atoms with Crippen molar-refractivity contribution in [1.82, 2.24) is 0 Å². The molecule has 1 unspecified atom stereocenters. The van der Waals surface area contributed by atoms with Crippen LogP contribution < -0.4 is 0 Å². The van der Waals surface area contributed by atoms with Gasteiger partial charge in [-0.15, -0.1) is 11.6 Å². The van der Waals surface area contributed by atoms with Crippen molar-refractivity contribution in [3.05, 3.63) is 34.9 Å². The first kappa shape index (κ1) is 11.7. The molecule has 0 N–H and O–H groups in total. The fourth-order valence-electron chi connectivity index (χ4n) is 1.36. The van der Waals surface area contributed by atoms with Gasteiger partial charge in [0.25, 0.3) is 0 Å². The van der Waals surface area contributed by atoms with Crippen LogP contribution in [0, 0.1) is 11.3 Å². The average Bonchev–Trinajstić information content (AvgIpc) is 2.27. The molecule has 3 heteroatoms. The number of alkyl halides is 1. The average molecular weight is 222 g/mol. The van der Waals surface area contributed by atoms with Crippen molar-refractivity contribution in [2.45, 2.75) is 25.6 Å². The number of nitrogens with zero attached hydrogens (tertiary/aromatic N) is 1. The number of ketones is 1. The van der Waals surface area contributed by atoms with Gasteiger partial charge in [-0.1, -0.05) is 19.1 Å². The van der Waals surface area contributed by atoms with Crippen LogP contribution in [0.15, 0.2) is 18.2 Å². The number of benzene rings is 1. The Balaban J connectivity index is 3.20. The Labute approximate surface area is 94.5 Å². The highest BCUT2D eigenvalue weighted by Gasteiger charge is 2.16. The molecule has 0 aliphatic carbocycles. The van der Waals surface area contributed by atoms with E-state index in [2.05, 4.69) is 6.07 Å². The Morgan fingerprint density at radius 1 is 1.60 bits per heavy atom. The number of carbonyl (C=O) groups excluding carboxylic acids is 1. The van der Waals surface area contributed by atoms with E-state index in [-0.39, 0.29) is 5.78 Å². The van der Waals surface area contributed by atoms with Gasteiger partial charge in [0.15, 0.2) is 5.78 Å². The van der Waals surface area contributed by atoms with Crippen LogP contribution >= 0.6 is 11.6 Å². The molecule has 0 aliphatic heterocycles. The van der Waals surface area contributed by atoms with Crippen molar-refractivity contribution in [2.24, 2.45) is 0 Å². The van der Waals surface area contributed by atoms with Crippen molar-refractivity contribution in [3.63, 3.8) is 0 Å². The first-order valence-corrected chi connectivity index (χ1v) is 5.21. The highest BCUT2D eigenvalue weighted by molar-refractivity contribution is 6.31. The number of hydrogen-bond donors (Lipinski definition) is 0. The molecule has 0 spiro atoms. The number of halogens is 1. The van der Waals surface area contributed by atoms with Crippen LogP contribution in [0.25, 0.3) is 0 Å². The molecule has 1 aromatic rings. The van der Waals surface area contributed by atoms with Gasteiger partial charge in [-0.25, -0.2) is 0 Å². The molecule has 0 heterocycles. The zero-order valence-electron chi connectivity index (χ0n) is 8.75. The summed E-state index contributed by atoms with van der Waals surface area (Å²) in [5, 5.41) is 8.23. The van der Waals surface area contributed by atoms with E-state index in [1.807, 2.05) is 13.0 Å². The molecule has 15 heavy (non-hydrogen) atoms. The molecule has 78 valence electrons. The fourth-order valence-corrected chi connectivity index (χ4v) is 1.55. The third-order valence-corrected chi connectivity index (χ3v) is 2.82. The zero-order chi connectivity index (χ0) is 11.4. The van der Waals surface area contributed by atoms with Gasteiger partial charge in [0.1, 0.15) is 5.38 Å². The third kappa shape index (κ3) is 2.57. The minimum atomic E-state index is -0.717. The molecular weight excluding hydrogens is 210 g/mol. The molecule has 0 aliphatic rings. The van der Waals surface area contributed by atoms with Crippen LogP contribution in [0.4, 0.5) is 0 Å². The van der Waals surface area contributed by atoms with Crippen LogP contribution in [-0.4, -0.2) is 5.78 Å². The van der Waals surface area contributed by atoms with Crippen LogP contribution in [0.2, 0.25) is 0 Å². The van der Waals surface area contributed by atoms with Gasteiger partial charge in [0.05, 0.1) is 11.6 Å². The van der Waals surface area contributed by atoms with Crippen molar-refractivity contribution >= 4 is 17.4 Å². The Morgan fingerprint density at radius 2 is 2.27 bits per heavy atom. The highest BCUT2D eigenvalue weighted by atomic mass is 35.5. The fraction of sp³-hybridized carbons (Fsp3) is 0.333. The van der Waals surface area contributed by atoms with Gasteiger partial charge in [-0.2, -0.15) is 5.26 Å². The normalized spacial score (nSPS) is 11.9. The summed E-state index contributed by atoms with van der Waals surface area (Å²) >= 11 is 5.92. The van der Waals surface area contributed by atoms with E-state index in [4.69, 9.17) is 16.9 Å². The Morgan fingerprint density at radius 3 is 2.73 bits per heavy atom. The second kappa shape index (κ2) is 4.95. The van der Waals surface area contributed by atoms with Gasteiger partial charge in [0, 0.05) is 0 Å². The van der Waals surface area contributed by atoms with Gasteiger partial charge >= 0.3 is 0 Å². The number of nitriles is 1. The van der Waals surface area contributed by atoms with E-state index in [9.17, 15) is 4.79 Å². The Kier molecular flexibility index (Phi) is 3.88. The standard InChI is InChI=1S/C12H12ClNO/c1-3-9-4-5-11(10(6-9)7-14)12(13)8(2)15/h4-6,12H,3H2,1-2H3. The Bertz CT molecular complexity index is 420. The van der Waals surface area contributed by atoms with E-state index >= 15 is 0 Å². The molecule has 0 bridgehead atoms. The van der Waals surface area contributed by atoms with E-state index in [1.165, 1.54) is 6.92 Å². The quantitative estimate of drug-likeness (QED) is 0.737. The predicted octanol–water partition coefficient (Wildman–Crippen LogP) is 2.99. The van der Waals surface area contributed by atoms with E-state index in [1.54, 1.807) is 12.1 Å². The second-order valence-electron chi connectivity index (χ2n) is 3.36. The molecule has 0 amide bonds. The van der Waals surface area contributed by atoms with Crippen LogP contribution in [-0.2, 0) is 11.2 Å². The summed E-state index contributed by atoms with van der Waals surface area (Å²) in [6.07, 6.45) is 0.863. The van der Waals surface area contributed by atoms with Crippen LogP contribution in [0.1, 0.15) is 35.9 Å². The SMILES string of the molecule is CCc1ccc(C(Cl)C(C)=O)c(C#N)c1. The van der Waals surface area contributed by atoms with Crippen LogP contribution in [0.5, 0.6) is 0 Å². The smallest absolute Gasteiger partial charge is 0.152 e. The van der Waals surface area contributed by atoms with E-state index in [0.717, 1.165) is 12.0 Å². The number of carbonyl (C=O) groups is 1. The van der Waals surface area contributed by atoms with Crippen molar-refractivity contribution < 1.29 is 4.79 Å². The first-order valence-electron chi connectivity index (χ1n) is 4.77. The topological polar surface area (TPSA) is 40.9 Å². The lowest BCUT2D eigenvalue weighted by atomic mass is 9.99. The lowest BCUT2D eigenvalue weighted by Crippen LogP contribution is -2.04. The summed E-state index contributed by atoms with van der Waals surface area (Å²) in [7, 11) is 0. The minimum Gasteiger partial charge on any atom is -0.298 e. The summed E-state index contributed by atoms with van der Waals surface area (Å²) in [5.74, 6) is -0.141. The summed E-state index contributed by atoms with van der Waals surface area (Å²) in [4.78, 5) is 11.1. The molecule has 0 radical (unpaired) electrons. The molecule has 1 rings (SSSR count). The van der Waals surface area contributed by atoms with Gasteiger partial charge < -0.3 is 0 Å². The summed E-state index contributed by atoms with van der Waals surface area (Å²) in [5.41, 5.74) is 2.16. The molecule has 0 aromatic heterocycles. The highest BCUT2D eigenvalue weighted by Crippen LogP contribution is 2.25. The van der Waals surface area contributed by atoms with E-state index < -0.39 is 5.38 Å². The molecule has 0 saturated heterocycles. The van der Waals surface area contributed by atoms with Crippen LogP contribution in [0.3, 0.4) is 0 Å². The monoisotopic (exact) mass is 221 g/mol. The second-order valence-corrected chi connectivity index (χ2v) is 3.80. The number of aryl methyl sites for hydroxylation is 1. The zero-order valence-corrected chi connectivity index (χ0v) is 9.51. The van der Waals surface area contributed by atoms with Gasteiger partial charge in [0.2, 0.25) is 0 Å².